The van der Waals surface area contributed by atoms with Gasteiger partial charge in [0.2, 0.25) is 0 Å². The Morgan fingerprint density at radius 2 is 1.83 bits per heavy atom. The molecule has 2 heteroatoms. The summed E-state index contributed by atoms with van der Waals surface area (Å²) in [4.78, 5) is 3.76. The molecule has 1 fully saturated rings. The Balaban J connectivity index is 2.55. The van der Waals surface area contributed by atoms with E-state index in [0.29, 0.717) is 6.04 Å². The molecule has 0 unspecified atom stereocenters. The molecule has 0 bridgehead atoms. The first-order valence-corrected chi connectivity index (χ1v) is 4.85. The largest absolute Gasteiger partial charge is 0.293 e. The molecular weight excluding hydrogens is 148 g/mol. The van der Waals surface area contributed by atoms with Crippen LogP contribution in [0.25, 0.3) is 4.85 Å². The molecule has 1 aliphatic carbocycles. The zero-order chi connectivity index (χ0) is 9.03. The lowest BCUT2D eigenvalue weighted by Crippen LogP contribution is -2.47. The van der Waals surface area contributed by atoms with Gasteiger partial charge < -0.3 is 0 Å². The van der Waals surface area contributed by atoms with Gasteiger partial charge in [-0.2, -0.15) is 0 Å². The van der Waals surface area contributed by atoms with Crippen molar-refractivity contribution in [2.75, 3.05) is 0 Å². The van der Waals surface area contributed by atoms with Crippen LogP contribution in [0.3, 0.4) is 0 Å². The van der Waals surface area contributed by atoms with Gasteiger partial charge in [0.15, 0.2) is 0 Å². The lowest BCUT2D eigenvalue weighted by molar-refractivity contribution is 0.268. The van der Waals surface area contributed by atoms with E-state index < -0.39 is 0 Å². The van der Waals surface area contributed by atoms with Gasteiger partial charge in [-0.05, 0) is 26.7 Å². The molecule has 1 N–H and O–H groups in total. The SMILES string of the molecule is [C-]#[N+]C1(NC(C)C)CCCCC1. The molecule has 0 radical (unpaired) electrons. The van der Waals surface area contributed by atoms with Crippen molar-refractivity contribution in [1.29, 1.82) is 0 Å². The van der Waals surface area contributed by atoms with Crippen molar-refractivity contribution in [2.45, 2.75) is 57.7 Å². The van der Waals surface area contributed by atoms with Crippen LogP contribution in [0.2, 0.25) is 0 Å². The smallest absolute Gasteiger partial charge is 0.286 e. The average Bonchev–Trinajstić information content (AvgIpc) is 2.05. The first kappa shape index (κ1) is 9.54. The van der Waals surface area contributed by atoms with Crippen LogP contribution < -0.4 is 5.32 Å². The van der Waals surface area contributed by atoms with Gasteiger partial charge in [0.05, 0.1) is 0 Å². The maximum Gasteiger partial charge on any atom is 0.286 e. The minimum Gasteiger partial charge on any atom is -0.293 e. The quantitative estimate of drug-likeness (QED) is 0.624. The van der Waals surface area contributed by atoms with E-state index in [4.69, 9.17) is 6.57 Å². The molecule has 12 heavy (non-hydrogen) atoms. The van der Waals surface area contributed by atoms with E-state index in [-0.39, 0.29) is 5.66 Å². The predicted molar refractivity (Wildman–Crippen MR) is 50.7 cm³/mol. The predicted octanol–water partition coefficient (Wildman–Crippen LogP) is 2.56. The van der Waals surface area contributed by atoms with Crippen LogP contribution >= 0.6 is 0 Å². The molecule has 0 spiro atoms. The van der Waals surface area contributed by atoms with Crippen LogP contribution in [-0.2, 0) is 0 Å². The summed E-state index contributed by atoms with van der Waals surface area (Å²) < 4.78 is 0. The Hall–Kier alpha value is -0.550. The van der Waals surface area contributed by atoms with E-state index >= 15 is 0 Å². The molecule has 0 atom stereocenters. The first-order valence-electron chi connectivity index (χ1n) is 4.85. The molecule has 68 valence electrons. The van der Waals surface area contributed by atoms with Crippen molar-refractivity contribution in [3.05, 3.63) is 11.4 Å². The zero-order valence-corrected chi connectivity index (χ0v) is 8.06. The van der Waals surface area contributed by atoms with Crippen LogP contribution in [0, 0.1) is 6.57 Å². The van der Waals surface area contributed by atoms with Gasteiger partial charge in [0, 0.05) is 18.9 Å². The van der Waals surface area contributed by atoms with Gasteiger partial charge >= 0.3 is 0 Å². The molecule has 0 aromatic heterocycles. The third-order valence-electron chi connectivity index (χ3n) is 2.45. The normalized spacial score (nSPS) is 22.2. The summed E-state index contributed by atoms with van der Waals surface area (Å²) in [5.41, 5.74) is -0.216. The molecule has 0 heterocycles. The minimum atomic E-state index is -0.216. The summed E-state index contributed by atoms with van der Waals surface area (Å²) in [6.45, 7) is 11.4. The summed E-state index contributed by atoms with van der Waals surface area (Å²) in [5, 5.41) is 3.39. The van der Waals surface area contributed by atoms with Crippen LogP contribution in [0.15, 0.2) is 0 Å². The highest BCUT2D eigenvalue weighted by Gasteiger charge is 2.37. The van der Waals surface area contributed by atoms with Crippen LogP contribution in [-0.4, -0.2) is 11.7 Å². The van der Waals surface area contributed by atoms with Gasteiger partial charge in [-0.25, -0.2) is 11.9 Å². The standard InChI is InChI=1S/C10H18N2/c1-9(2)12-10(11-3)7-5-4-6-8-10/h9,12H,4-8H2,1-2H3. The second kappa shape index (κ2) is 3.91. The number of nitrogens with one attached hydrogen (secondary N) is 1. The van der Waals surface area contributed by atoms with E-state index in [9.17, 15) is 0 Å². The average molecular weight is 166 g/mol. The molecular formula is C10H18N2. The Morgan fingerprint density at radius 3 is 2.25 bits per heavy atom. The maximum atomic E-state index is 7.20. The van der Waals surface area contributed by atoms with E-state index in [0.717, 1.165) is 12.8 Å². The second-order valence-corrected chi connectivity index (χ2v) is 4.00. The van der Waals surface area contributed by atoms with E-state index in [1.807, 2.05) is 0 Å². The van der Waals surface area contributed by atoms with Gasteiger partial charge in [-0.3, -0.25) is 4.85 Å². The molecule has 1 saturated carbocycles. The molecule has 2 nitrogen and oxygen atoms in total. The zero-order valence-electron chi connectivity index (χ0n) is 8.06. The molecule has 0 amide bonds. The number of hydrogen-bond donors (Lipinski definition) is 1. The number of hydrogen-bond acceptors (Lipinski definition) is 1. The summed E-state index contributed by atoms with van der Waals surface area (Å²) in [6.07, 6.45) is 5.80. The fourth-order valence-electron chi connectivity index (χ4n) is 1.96. The van der Waals surface area contributed by atoms with Crippen molar-refractivity contribution in [3.8, 4) is 0 Å². The van der Waals surface area contributed by atoms with Crippen LogP contribution in [0.5, 0.6) is 0 Å². The third kappa shape index (κ3) is 2.22. The lowest BCUT2D eigenvalue weighted by Gasteiger charge is -2.28. The molecule has 1 rings (SSSR count). The Kier molecular flexibility index (Phi) is 3.11. The van der Waals surface area contributed by atoms with Crippen molar-refractivity contribution >= 4 is 0 Å². The maximum absolute atomic E-state index is 7.20. The lowest BCUT2D eigenvalue weighted by atomic mass is 9.89. The molecule has 0 aliphatic heterocycles. The number of rotatable bonds is 2. The monoisotopic (exact) mass is 166 g/mol. The summed E-state index contributed by atoms with van der Waals surface area (Å²) >= 11 is 0. The van der Waals surface area contributed by atoms with E-state index in [1.54, 1.807) is 0 Å². The first-order chi connectivity index (χ1) is 5.68. The minimum absolute atomic E-state index is 0.216. The van der Waals surface area contributed by atoms with Gasteiger partial charge in [0.25, 0.3) is 5.66 Å². The van der Waals surface area contributed by atoms with Gasteiger partial charge in [-0.15, -0.1) is 0 Å². The van der Waals surface area contributed by atoms with Crippen molar-refractivity contribution in [1.82, 2.24) is 5.32 Å². The van der Waals surface area contributed by atoms with Crippen molar-refractivity contribution in [3.63, 3.8) is 0 Å². The molecule has 0 aromatic rings. The molecule has 0 aromatic carbocycles. The van der Waals surface area contributed by atoms with E-state index in [1.165, 1.54) is 19.3 Å². The Bertz CT molecular complexity index is 173. The highest BCUT2D eigenvalue weighted by Crippen LogP contribution is 2.29. The fraction of sp³-hybridized carbons (Fsp3) is 0.900. The highest BCUT2D eigenvalue weighted by atomic mass is 15.1. The fourth-order valence-corrected chi connectivity index (χ4v) is 1.96. The van der Waals surface area contributed by atoms with E-state index in [2.05, 4.69) is 24.0 Å². The summed E-state index contributed by atoms with van der Waals surface area (Å²) in [5.74, 6) is 0. The molecule has 0 saturated heterocycles. The second-order valence-electron chi connectivity index (χ2n) is 4.00. The van der Waals surface area contributed by atoms with Crippen molar-refractivity contribution in [2.24, 2.45) is 0 Å². The summed E-state index contributed by atoms with van der Waals surface area (Å²) in [7, 11) is 0. The van der Waals surface area contributed by atoms with Crippen LogP contribution in [0.4, 0.5) is 0 Å². The third-order valence-corrected chi connectivity index (χ3v) is 2.45. The Labute approximate surface area is 75.2 Å². The topological polar surface area (TPSA) is 16.4 Å². The van der Waals surface area contributed by atoms with Crippen LogP contribution in [0.1, 0.15) is 46.0 Å². The summed E-state index contributed by atoms with van der Waals surface area (Å²) in [6, 6.07) is 0.428. The molecule has 1 aliphatic rings. The highest BCUT2D eigenvalue weighted by molar-refractivity contribution is 4.98. The van der Waals surface area contributed by atoms with Crippen molar-refractivity contribution < 1.29 is 0 Å². The number of nitrogens with zero attached hydrogens (tertiary/aromatic N) is 1. The Morgan fingerprint density at radius 1 is 1.25 bits per heavy atom. The van der Waals surface area contributed by atoms with Gasteiger partial charge in [-0.1, -0.05) is 6.42 Å². The van der Waals surface area contributed by atoms with Gasteiger partial charge in [0.1, 0.15) is 0 Å².